The van der Waals surface area contributed by atoms with Gasteiger partial charge < -0.3 is 28.9 Å². The normalized spacial score (nSPS) is 18.0. The molecular formula is C37H48F2N8O2. The Bertz CT molecular complexity index is 1770. The van der Waals surface area contributed by atoms with Gasteiger partial charge >= 0.3 is 0 Å². The van der Waals surface area contributed by atoms with E-state index in [0.717, 1.165) is 88.2 Å². The summed E-state index contributed by atoms with van der Waals surface area (Å²) in [5.41, 5.74) is 5.04. The first kappa shape index (κ1) is 33.6. The molecule has 7 rings (SSSR count). The van der Waals surface area contributed by atoms with Gasteiger partial charge in [0.1, 0.15) is 6.54 Å². The monoisotopic (exact) mass is 674 g/mol. The van der Waals surface area contributed by atoms with E-state index in [1.54, 1.807) is 18.5 Å². The number of carbonyl (C=O) groups is 1. The molecule has 0 radical (unpaired) electrons. The maximum Gasteiger partial charge on any atom is 0.264 e. The molecule has 0 unspecified atom stereocenters. The summed E-state index contributed by atoms with van der Waals surface area (Å²) in [4.78, 5) is 26.2. The molecule has 0 aliphatic carbocycles. The van der Waals surface area contributed by atoms with Gasteiger partial charge in [-0.05, 0) is 57.1 Å². The van der Waals surface area contributed by atoms with Crippen molar-refractivity contribution in [1.29, 1.82) is 0 Å². The molecule has 49 heavy (non-hydrogen) atoms. The van der Waals surface area contributed by atoms with Crippen molar-refractivity contribution in [3.8, 4) is 11.1 Å². The van der Waals surface area contributed by atoms with Crippen LogP contribution in [-0.4, -0.2) is 107 Å². The lowest BCUT2D eigenvalue weighted by Crippen LogP contribution is -2.48. The fraction of sp³-hybridized carbons (Fsp3) is 0.541. The largest absolute Gasteiger partial charge is 0.381 e. The number of aromatic nitrogens is 4. The number of pyridine rings is 1. The number of unbranched alkanes of at least 4 members (excludes halogenated alkanes) is 1. The lowest BCUT2D eigenvalue weighted by Gasteiger charge is -2.32. The summed E-state index contributed by atoms with van der Waals surface area (Å²) in [5, 5.41) is 6.02. The van der Waals surface area contributed by atoms with Gasteiger partial charge in [0.15, 0.2) is 5.82 Å². The van der Waals surface area contributed by atoms with Crippen LogP contribution in [0.3, 0.4) is 0 Å². The number of amides is 1. The van der Waals surface area contributed by atoms with E-state index in [1.165, 1.54) is 11.3 Å². The Kier molecular flexibility index (Phi) is 9.98. The molecule has 0 spiro atoms. The van der Waals surface area contributed by atoms with Gasteiger partial charge in [0, 0.05) is 117 Å². The van der Waals surface area contributed by atoms with Crippen LogP contribution in [0.4, 0.5) is 20.3 Å². The number of halogens is 2. The van der Waals surface area contributed by atoms with Gasteiger partial charge in [-0.15, -0.1) is 0 Å². The average molecular weight is 675 g/mol. The Morgan fingerprint density at radius 1 is 1.04 bits per heavy atom. The van der Waals surface area contributed by atoms with Crippen molar-refractivity contribution in [2.24, 2.45) is 0 Å². The maximum atomic E-state index is 15.1. The Balaban J connectivity index is 1.27. The third kappa shape index (κ3) is 6.82. The third-order valence-corrected chi connectivity index (χ3v) is 10.5. The first-order valence-electron chi connectivity index (χ1n) is 17.8. The van der Waals surface area contributed by atoms with Crippen LogP contribution >= 0.6 is 0 Å². The molecule has 0 saturated carbocycles. The molecule has 6 heterocycles. The highest BCUT2D eigenvalue weighted by Gasteiger charge is 2.31. The molecule has 0 N–H and O–H groups in total. The van der Waals surface area contributed by atoms with Crippen molar-refractivity contribution < 1.29 is 18.3 Å². The van der Waals surface area contributed by atoms with E-state index in [1.807, 2.05) is 33.9 Å². The van der Waals surface area contributed by atoms with Crippen LogP contribution in [0.5, 0.6) is 0 Å². The van der Waals surface area contributed by atoms with Crippen molar-refractivity contribution in [2.75, 3.05) is 71.5 Å². The van der Waals surface area contributed by atoms with Crippen LogP contribution in [0.25, 0.3) is 22.0 Å². The standard InChI is InChI=1S/C37H48F2N8O2/c1-4-5-13-46(37-32-23-43(3)14-9-34(32)47(41-37)26-10-19-49-20-11-26)27-6-7-28(29(21-27)36(38)39)31-24-45(33-8-12-40-22-30(31)33)25-35(48)44-17-15-42(2)16-18-44/h6-8,12,21-22,24,26,36H,4-5,9-11,13-20,23,25H2,1-3H3. The second-order valence-corrected chi connectivity index (χ2v) is 13.8. The van der Waals surface area contributed by atoms with Crippen molar-refractivity contribution in [2.45, 2.75) is 64.6 Å². The molecule has 12 heteroatoms. The van der Waals surface area contributed by atoms with Crippen LogP contribution in [0.2, 0.25) is 0 Å². The Hall–Kier alpha value is -3.87. The first-order valence-corrected chi connectivity index (χ1v) is 17.8. The minimum Gasteiger partial charge on any atom is -0.381 e. The zero-order valence-electron chi connectivity index (χ0n) is 29.0. The first-order chi connectivity index (χ1) is 23.8. The number of carbonyl (C=O) groups excluding carboxylic acids is 1. The molecule has 2 fully saturated rings. The number of ether oxygens (including phenoxy) is 1. The minimum absolute atomic E-state index is 0.0264. The number of nitrogens with zero attached hydrogens (tertiary/aromatic N) is 8. The zero-order chi connectivity index (χ0) is 34.1. The molecule has 4 aromatic rings. The summed E-state index contributed by atoms with van der Waals surface area (Å²) in [6.45, 7) is 9.19. The SMILES string of the molecule is CCCCN(c1ccc(-c2cn(CC(=O)N3CCN(C)CC3)c3ccncc23)c(C(F)F)c1)c1nn(C2CCOCC2)c2c1CN(C)CC2. The minimum atomic E-state index is -2.70. The lowest BCUT2D eigenvalue weighted by atomic mass is 9.98. The predicted molar refractivity (Wildman–Crippen MR) is 187 cm³/mol. The maximum absolute atomic E-state index is 15.1. The number of alkyl halides is 2. The Morgan fingerprint density at radius 3 is 2.59 bits per heavy atom. The molecule has 10 nitrogen and oxygen atoms in total. The topological polar surface area (TPSA) is 74.9 Å². The summed E-state index contributed by atoms with van der Waals surface area (Å²) in [6.07, 6.45) is 7.17. The molecule has 1 aromatic carbocycles. The molecule has 0 bridgehead atoms. The van der Waals surface area contributed by atoms with Gasteiger partial charge in [-0.25, -0.2) is 8.78 Å². The highest BCUT2D eigenvalue weighted by molar-refractivity contribution is 5.97. The number of rotatable bonds is 10. The lowest BCUT2D eigenvalue weighted by molar-refractivity contribution is -0.133. The van der Waals surface area contributed by atoms with E-state index in [4.69, 9.17) is 9.84 Å². The second-order valence-electron chi connectivity index (χ2n) is 13.8. The molecule has 3 aliphatic heterocycles. The molecule has 2 saturated heterocycles. The van der Waals surface area contributed by atoms with Gasteiger partial charge in [0.25, 0.3) is 6.43 Å². The number of benzene rings is 1. The number of likely N-dealkylation sites (N-methyl/N-ethyl adjacent to an activating group) is 2. The van der Waals surface area contributed by atoms with Crippen LogP contribution in [-0.2, 0) is 29.0 Å². The Labute approximate surface area is 287 Å². The van der Waals surface area contributed by atoms with Crippen molar-refractivity contribution in [3.05, 3.63) is 59.7 Å². The van der Waals surface area contributed by atoms with E-state index < -0.39 is 6.43 Å². The summed E-state index contributed by atoms with van der Waals surface area (Å²) < 4.78 is 40.0. The smallest absolute Gasteiger partial charge is 0.264 e. The molecule has 1 amide bonds. The van der Waals surface area contributed by atoms with Crippen LogP contribution in [0.15, 0.2) is 42.9 Å². The van der Waals surface area contributed by atoms with Crippen molar-refractivity contribution in [3.63, 3.8) is 0 Å². The van der Waals surface area contributed by atoms with Crippen LogP contribution in [0, 0.1) is 0 Å². The quantitative estimate of drug-likeness (QED) is 0.208. The number of hydrogen-bond donors (Lipinski definition) is 0. The fourth-order valence-electron chi connectivity index (χ4n) is 7.62. The number of fused-ring (bicyclic) bond motifs is 2. The van der Waals surface area contributed by atoms with Crippen LogP contribution < -0.4 is 4.90 Å². The number of hydrogen-bond acceptors (Lipinski definition) is 7. The van der Waals surface area contributed by atoms with Gasteiger partial charge in [-0.1, -0.05) is 19.4 Å². The molecule has 262 valence electrons. The predicted octanol–water partition coefficient (Wildman–Crippen LogP) is 5.89. The Morgan fingerprint density at radius 2 is 1.84 bits per heavy atom. The van der Waals surface area contributed by atoms with E-state index in [2.05, 4.69) is 45.4 Å². The number of anilines is 2. The van der Waals surface area contributed by atoms with Gasteiger partial charge in [-0.3, -0.25) is 14.5 Å². The van der Waals surface area contributed by atoms with Gasteiger partial charge in [0.2, 0.25) is 5.91 Å². The second kappa shape index (κ2) is 14.5. The highest BCUT2D eigenvalue weighted by Crippen LogP contribution is 2.41. The van der Waals surface area contributed by atoms with Crippen molar-refractivity contribution in [1.82, 2.24) is 34.0 Å². The molecular weight excluding hydrogens is 626 g/mol. The van der Waals surface area contributed by atoms with Gasteiger partial charge in [-0.2, -0.15) is 5.10 Å². The summed E-state index contributed by atoms with van der Waals surface area (Å²) in [5.74, 6) is 0.899. The van der Waals surface area contributed by atoms with Gasteiger partial charge in [0.05, 0.1) is 11.6 Å². The number of piperazine rings is 1. The molecule has 3 aliphatic rings. The third-order valence-electron chi connectivity index (χ3n) is 10.5. The van der Waals surface area contributed by atoms with E-state index in [9.17, 15) is 4.79 Å². The zero-order valence-corrected chi connectivity index (χ0v) is 29.0. The summed E-state index contributed by atoms with van der Waals surface area (Å²) in [7, 11) is 4.18. The highest BCUT2D eigenvalue weighted by atomic mass is 19.3. The van der Waals surface area contributed by atoms with Crippen LogP contribution in [0.1, 0.15) is 61.9 Å². The van der Waals surface area contributed by atoms with E-state index in [-0.39, 0.29) is 24.1 Å². The molecule has 0 atom stereocenters. The summed E-state index contributed by atoms with van der Waals surface area (Å²) >= 11 is 0. The van der Waals surface area contributed by atoms with E-state index >= 15 is 8.78 Å². The van der Waals surface area contributed by atoms with E-state index in [0.29, 0.717) is 36.4 Å². The molecule has 3 aromatic heterocycles. The average Bonchev–Trinajstić information content (AvgIpc) is 3.67. The van der Waals surface area contributed by atoms with Crippen molar-refractivity contribution >= 4 is 28.3 Å². The fourth-order valence-corrected chi connectivity index (χ4v) is 7.62. The summed E-state index contributed by atoms with van der Waals surface area (Å²) in [6, 6.07) is 7.56.